The highest BCUT2D eigenvalue weighted by Gasteiger charge is 2.10. The van der Waals surface area contributed by atoms with Crippen LogP contribution in [0.1, 0.15) is 24.2 Å². The van der Waals surface area contributed by atoms with Crippen molar-refractivity contribution in [1.29, 1.82) is 0 Å². The molecule has 0 aliphatic rings. The Morgan fingerprint density at radius 3 is 2.72 bits per heavy atom. The van der Waals surface area contributed by atoms with Gasteiger partial charge in [-0.1, -0.05) is 30.3 Å². The number of aliphatic hydroxyl groups excluding tert-OH is 1. The topological polar surface area (TPSA) is 50.1 Å². The van der Waals surface area contributed by atoms with Crippen molar-refractivity contribution in [3.63, 3.8) is 0 Å². The Balaban J connectivity index is 2.00. The van der Waals surface area contributed by atoms with Crippen molar-refractivity contribution < 1.29 is 5.11 Å². The van der Waals surface area contributed by atoms with E-state index in [-0.39, 0.29) is 12.6 Å². The summed E-state index contributed by atoms with van der Waals surface area (Å²) in [5, 5.41) is 17.0. The number of hydrogen-bond acceptors (Lipinski definition) is 3. The Labute approximate surface area is 107 Å². The van der Waals surface area contributed by atoms with Gasteiger partial charge in [-0.2, -0.15) is 5.10 Å². The predicted molar refractivity (Wildman–Crippen MR) is 71.0 cm³/mol. The molecule has 0 saturated carbocycles. The molecule has 0 fully saturated rings. The summed E-state index contributed by atoms with van der Waals surface area (Å²) < 4.78 is 1.95. The van der Waals surface area contributed by atoms with E-state index in [1.54, 1.807) is 6.20 Å². The third kappa shape index (κ3) is 2.97. The maximum Gasteiger partial charge on any atom is 0.0626 e. The molecule has 0 aliphatic carbocycles. The monoisotopic (exact) mass is 245 g/mol. The largest absolute Gasteiger partial charge is 0.394 e. The summed E-state index contributed by atoms with van der Waals surface area (Å²) >= 11 is 0. The second-order valence-electron chi connectivity index (χ2n) is 4.17. The Morgan fingerprint density at radius 2 is 2.06 bits per heavy atom. The average molecular weight is 245 g/mol. The average Bonchev–Trinajstić information content (AvgIpc) is 2.88. The summed E-state index contributed by atoms with van der Waals surface area (Å²) in [5.74, 6) is 0. The minimum absolute atomic E-state index is 0.0357. The van der Waals surface area contributed by atoms with Crippen LogP contribution in [-0.4, -0.2) is 21.5 Å². The molecule has 1 heterocycles. The minimum atomic E-state index is -0.0357. The molecule has 2 rings (SSSR count). The van der Waals surface area contributed by atoms with E-state index in [2.05, 4.69) is 17.3 Å². The van der Waals surface area contributed by atoms with Crippen molar-refractivity contribution in [2.75, 3.05) is 6.61 Å². The molecule has 4 heteroatoms. The molecule has 0 bridgehead atoms. The smallest absolute Gasteiger partial charge is 0.0626 e. The molecule has 1 aromatic heterocycles. The van der Waals surface area contributed by atoms with Gasteiger partial charge in [-0.05, 0) is 18.6 Å². The number of nitrogens with one attached hydrogen (secondary N) is 1. The fourth-order valence-corrected chi connectivity index (χ4v) is 2.00. The molecular formula is C14H19N3O. The lowest BCUT2D eigenvalue weighted by Gasteiger charge is -2.17. The standard InChI is InChI=1S/C14H19N3O/c1-2-17-13(8-9-16-17)10-15-14(11-18)12-6-4-3-5-7-12/h3-9,14-15,18H,2,10-11H2,1H3. The fraction of sp³-hybridized carbons (Fsp3) is 0.357. The van der Waals surface area contributed by atoms with Gasteiger partial charge in [0.2, 0.25) is 0 Å². The number of rotatable bonds is 6. The second-order valence-corrected chi connectivity index (χ2v) is 4.17. The van der Waals surface area contributed by atoms with Crippen LogP contribution in [0.2, 0.25) is 0 Å². The lowest BCUT2D eigenvalue weighted by Crippen LogP contribution is -2.25. The molecule has 18 heavy (non-hydrogen) atoms. The van der Waals surface area contributed by atoms with Crippen molar-refractivity contribution in [2.45, 2.75) is 26.1 Å². The zero-order chi connectivity index (χ0) is 12.8. The van der Waals surface area contributed by atoms with Crippen molar-refractivity contribution in [3.05, 3.63) is 53.9 Å². The van der Waals surface area contributed by atoms with Crippen LogP contribution >= 0.6 is 0 Å². The first-order valence-electron chi connectivity index (χ1n) is 6.25. The summed E-state index contributed by atoms with van der Waals surface area (Å²) in [6.07, 6.45) is 1.80. The van der Waals surface area contributed by atoms with Gasteiger partial charge in [-0.25, -0.2) is 0 Å². The highest BCUT2D eigenvalue weighted by Crippen LogP contribution is 2.12. The molecule has 2 aromatic rings. The normalized spacial score (nSPS) is 12.6. The first kappa shape index (κ1) is 12.8. The quantitative estimate of drug-likeness (QED) is 0.815. The molecule has 2 N–H and O–H groups in total. The first-order valence-corrected chi connectivity index (χ1v) is 6.25. The van der Waals surface area contributed by atoms with Crippen LogP contribution in [0.4, 0.5) is 0 Å². The van der Waals surface area contributed by atoms with E-state index >= 15 is 0 Å². The van der Waals surface area contributed by atoms with Gasteiger partial charge >= 0.3 is 0 Å². The van der Waals surface area contributed by atoms with Crippen LogP contribution in [0, 0.1) is 0 Å². The number of aliphatic hydroxyl groups is 1. The molecule has 0 radical (unpaired) electrons. The first-order chi connectivity index (χ1) is 8.85. The van der Waals surface area contributed by atoms with E-state index in [0.717, 1.165) is 17.8 Å². The second kappa shape index (κ2) is 6.33. The molecule has 0 amide bonds. The summed E-state index contributed by atoms with van der Waals surface area (Å²) in [4.78, 5) is 0. The van der Waals surface area contributed by atoms with Crippen molar-refractivity contribution in [2.24, 2.45) is 0 Å². The maximum absolute atomic E-state index is 9.45. The summed E-state index contributed by atoms with van der Waals surface area (Å²) in [6.45, 7) is 3.72. The van der Waals surface area contributed by atoms with Gasteiger partial charge in [-0.3, -0.25) is 4.68 Å². The third-order valence-corrected chi connectivity index (χ3v) is 3.02. The zero-order valence-electron chi connectivity index (χ0n) is 10.6. The number of hydrogen-bond donors (Lipinski definition) is 2. The van der Waals surface area contributed by atoms with Crippen LogP contribution in [-0.2, 0) is 13.1 Å². The number of benzene rings is 1. The molecule has 1 aromatic carbocycles. The molecule has 1 atom stereocenters. The summed E-state index contributed by atoms with van der Waals surface area (Å²) in [7, 11) is 0. The van der Waals surface area contributed by atoms with Gasteiger partial charge in [-0.15, -0.1) is 0 Å². The fourth-order valence-electron chi connectivity index (χ4n) is 2.00. The summed E-state index contributed by atoms with van der Waals surface area (Å²) in [6, 6.07) is 11.9. The SMILES string of the molecule is CCn1nccc1CNC(CO)c1ccccc1. The van der Waals surface area contributed by atoms with E-state index in [1.807, 2.05) is 41.1 Å². The minimum Gasteiger partial charge on any atom is -0.394 e. The third-order valence-electron chi connectivity index (χ3n) is 3.02. The predicted octanol–water partition coefficient (Wildman–Crippen LogP) is 1.73. The van der Waals surface area contributed by atoms with Crippen LogP contribution in [0.25, 0.3) is 0 Å². The Kier molecular flexibility index (Phi) is 4.50. The highest BCUT2D eigenvalue weighted by atomic mass is 16.3. The summed E-state index contributed by atoms with van der Waals surface area (Å²) in [5.41, 5.74) is 2.23. The van der Waals surface area contributed by atoms with E-state index < -0.39 is 0 Å². The van der Waals surface area contributed by atoms with E-state index in [9.17, 15) is 5.11 Å². The van der Waals surface area contributed by atoms with Gasteiger partial charge in [0.15, 0.2) is 0 Å². The van der Waals surface area contributed by atoms with Crippen LogP contribution in [0.5, 0.6) is 0 Å². The molecule has 0 aliphatic heterocycles. The van der Waals surface area contributed by atoms with Crippen molar-refractivity contribution >= 4 is 0 Å². The van der Waals surface area contributed by atoms with Gasteiger partial charge in [0.25, 0.3) is 0 Å². The Bertz CT molecular complexity index is 467. The number of aryl methyl sites for hydroxylation is 1. The molecular weight excluding hydrogens is 226 g/mol. The number of aromatic nitrogens is 2. The van der Waals surface area contributed by atoms with Gasteiger partial charge in [0.1, 0.15) is 0 Å². The van der Waals surface area contributed by atoms with E-state index in [4.69, 9.17) is 0 Å². The van der Waals surface area contributed by atoms with Gasteiger partial charge in [0.05, 0.1) is 18.3 Å². The molecule has 1 unspecified atom stereocenters. The lowest BCUT2D eigenvalue weighted by molar-refractivity contribution is 0.242. The van der Waals surface area contributed by atoms with Crippen molar-refractivity contribution in [1.82, 2.24) is 15.1 Å². The van der Waals surface area contributed by atoms with E-state index in [1.165, 1.54) is 0 Å². The number of nitrogens with zero attached hydrogens (tertiary/aromatic N) is 2. The zero-order valence-corrected chi connectivity index (χ0v) is 10.6. The maximum atomic E-state index is 9.45. The van der Waals surface area contributed by atoms with Crippen LogP contribution in [0.3, 0.4) is 0 Å². The van der Waals surface area contributed by atoms with Gasteiger partial charge in [0, 0.05) is 19.3 Å². The van der Waals surface area contributed by atoms with Crippen LogP contribution in [0.15, 0.2) is 42.6 Å². The highest BCUT2D eigenvalue weighted by molar-refractivity contribution is 5.19. The Hall–Kier alpha value is -1.65. The van der Waals surface area contributed by atoms with Crippen molar-refractivity contribution in [3.8, 4) is 0 Å². The van der Waals surface area contributed by atoms with Gasteiger partial charge < -0.3 is 10.4 Å². The molecule has 96 valence electrons. The Morgan fingerprint density at radius 1 is 1.28 bits per heavy atom. The van der Waals surface area contributed by atoms with Crippen LogP contribution < -0.4 is 5.32 Å². The van der Waals surface area contributed by atoms with E-state index in [0.29, 0.717) is 6.54 Å². The molecule has 0 spiro atoms. The lowest BCUT2D eigenvalue weighted by atomic mass is 10.1. The molecule has 0 saturated heterocycles. The molecule has 4 nitrogen and oxygen atoms in total.